The molecule has 2 unspecified atom stereocenters. The van der Waals surface area contributed by atoms with E-state index in [-0.39, 0.29) is 10.6 Å². The van der Waals surface area contributed by atoms with E-state index in [0.717, 1.165) is 18.4 Å². The molecule has 0 fully saturated rings. The van der Waals surface area contributed by atoms with Gasteiger partial charge in [-0.15, -0.1) is 0 Å². The molecule has 0 saturated heterocycles. The predicted octanol–water partition coefficient (Wildman–Crippen LogP) is 2.77. The molecular weight excluding hydrogens is 216 g/mol. The molecule has 1 aromatic rings. The lowest BCUT2D eigenvalue weighted by atomic mass is 9.91. The van der Waals surface area contributed by atoms with Crippen LogP contribution in [0.5, 0.6) is 0 Å². The van der Waals surface area contributed by atoms with Crippen LogP contribution >= 0.6 is 0 Å². The molecule has 1 rings (SSSR count). The maximum absolute atomic E-state index is 10.7. The monoisotopic (exact) mass is 236 g/mol. The average molecular weight is 236 g/mol. The Kier molecular flexibility index (Phi) is 5.10. The van der Waals surface area contributed by atoms with Gasteiger partial charge in [0, 0.05) is 18.2 Å². The smallest absolute Gasteiger partial charge is 0.269 e. The van der Waals surface area contributed by atoms with Crippen LogP contribution in [-0.2, 0) is 6.42 Å². The second-order valence-electron chi connectivity index (χ2n) is 4.38. The molecule has 0 spiro atoms. The van der Waals surface area contributed by atoms with Gasteiger partial charge in [0.05, 0.1) is 4.92 Å². The Labute approximate surface area is 102 Å². The van der Waals surface area contributed by atoms with Crippen molar-refractivity contribution in [2.24, 2.45) is 5.92 Å². The lowest BCUT2D eigenvalue weighted by Crippen LogP contribution is -2.31. The van der Waals surface area contributed by atoms with Gasteiger partial charge in [0.2, 0.25) is 0 Å². The van der Waals surface area contributed by atoms with Crippen molar-refractivity contribution in [3.8, 4) is 0 Å². The van der Waals surface area contributed by atoms with E-state index < -0.39 is 0 Å². The molecule has 0 aliphatic rings. The van der Waals surface area contributed by atoms with Gasteiger partial charge in [0.25, 0.3) is 5.69 Å². The number of rotatable bonds is 6. The minimum atomic E-state index is -0.341. The van der Waals surface area contributed by atoms with Gasteiger partial charge in [-0.1, -0.05) is 25.5 Å². The highest BCUT2D eigenvalue weighted by Gasteiger charge is 2.15. The molecular formula is C13H20N2O2. The van der Waals surface area contributed by atoms with E-state index in [9.17, 15) is 10.1 Å². The molecule has 0 saturated carbocycles. The van der Waals surface area contributed by atoms with Crippen LogP contribution in [0.3, 0.4) is 0 Å². The van der Waals surface area contributed by atoms with Crippen molar-refractivity contribution in [1.82, 2.24) is 5.32 Å². The first-order chi connectivity index (χ1) is 8.08. The summed E-state index contributed by atoms with van der Waals surface area (Å²) in [6, 6.07) is 7.33. The molecule has 0 aliphatic carbocycles. The third-order valence-electron chi connectivity index (χ3n) is 3.31. The Hall–Kier alpha value is -1.42. The number of nitrogens with zero attached hydrogens (tertiary/aromatic N) is 1. The third kappa shape index (κ3) is 3.82. The third-order valence-corrected chi connectivity index (χ3v) is 3.31. The molecule has 17 heavy (non-hydrogen) atoms. The summed E-state index contributed by atoms with van der Waals surface area (Å²) in [6.45, 7) is 4.29. The SMILES string of the molecule is CCC(Cc1cccc([N+](=O)[O-])c1)C(C)NC. The maximum Gasteiger partial charge on any atom is 0.269 e. The fourth-order valence-electron chi connectivity index (χ4n) is 2.01. The standard InChI is InChI=1S/C13H20N2O2/c1-4-12(10(2)14-3)8-11-6-5-7-13(9-11)15(16)17/h5-7,9-10,12,14H,4,8H2,1-3H3. The van der Waals surface area contributed by atoms with Gasteiger partial charge >= 0.3 is 0 Å². The first kappa shape index (κ1) is 13.6. The number of nitro benzene ring substituents is 1. The van der Waals surface area contributed by atoms with Crippen molar-refractivity contribution in [2.75, 3.05) is 7.05 Å². The van der Waals surface area contributed by atoms with Crippen molar-refractivity contribution in [3.63, 3.8) is 0 Å². The van der Waals surface area contributed by atoms with Crippen LogP contribution in [0.1, 0.15) is 25.8 Å². The van der Waals surface area contributed by atoms with Crippen LogP contribution < -0.4 is 5.32 Å². The van der Waals surface area contributed by atoms with Crippen LogP contribution in [0.4, 0.5) is 5.69 Å². The second kappa shape index (κ2) is 6.35. The second-order valence-corrected chi connectivity index (χ2v) is 4.38. The fraction of sp³-hybridized carbons (Fsp3) is 0.538. The lowest BCUT2D eigenvalue weighted by Gasteiger charge is -2.22. The Morgan fingerprint density at radius 2 is 2.18 bits per heavy atom. The number of hydrogen-bond donors (Lipinski definition) is 1. The Morgan fingerprint density at radius 3 is 2.71 bits per heavy atom. The Balaban J connectivity index is 2.79. The summed E-state index contributed by atoms with van der Waals surface area (Å²) >= 11 is 0. The molecule has 0 heterocycles. The summed E-state index contributed by atoms with van der Waals surface area (Å²) in [5.41, 5.74) is 1.21. The highest BCUT2D eigenvalue weighted by molar-refractivity contribution is 5.34. The molecule has 4 nitrogen and oxygen atoms in total. The summed E-state index contributed by atoms with van der Waals surface area (Å²) in [5.74, 6) is 0.502. The minimum Gasteiger partial charge on any atom is -0.317 e. The van der Waals surface area contributed by atoms with Crippen LogP contribution in [0, 0.1) is 16.0 Å². The number of nitrogens with one attached hydrogen (secondary N) is 1. The molecule has 0 aromatic heterocycles. The van der Waals surface area contributed by atoms with E-state index in [1.807, 2.05) is 13.1 Å². The van der Waals surface area contributed by atoms with E-state index >= 15 is 0 Å². The zero-order valence-electron chi connectivity index (χ0n) is 10.6. The van der Waals surface area contributed by atoms with Crippen molar-refractivity contribution < 1.29 is 4.92 Å². The van der Waals surface area contributed by atoms with Crippen LogP contribution in [0.2, 0.25) is 0 Å². The molecule has 1 N–H and O–H groups in total. The van der Waals surface area contributed by atoms with Gasteiger partial charge in [-0.3, -0.25) is 10.1 Å². The van der Waals surface area contributed by atoms with Gasteiger partial charge in [0.15, 0.2) is 0 Å². The molecule has 0 amide bonds. The molecule has 0 bridgehead atoms. The maximum atomic E-state index is 10.7. The molecule has 0 aliphatic heterocycles. The highest BCUT2D eigenvalue weighted by atomic mass is 16.6. The summed E-state index contributed by atoms with van der Waals surface area (Å²) in [4.78, 5) is 10.4. The molecule has 1 aromatic carbocycles. The van der Waals surface area contributed by atoms with Gasteiger partial charge in [-0.05, 0) is 31.9 Å². The molecule has 4 heteroatoms. The van der Waals surface area contributed by atoms with Crippen LogP contribution in [0.25, 0.3) is 0 Å². The van der Waals surface area contributed by atoms with Crippen LogP contribution in [-0.4, -0.2) is 18.0 Å². The number of nitro groups is 1. The van der Waals surface area contributed by atoms with E-state index in [1.54, 1.807) is 12.1 Å². The Morgan fingerprint density at radius 1 is 1.47 bits per heavy atom. The van der Waals surface area contributed by atoms with Crippen molar-refractivity contribution >= 4 is 5.69 Å². The summed E-state index contributed by atoms with van der Waals surface area (Å²) in [6.07, 6.45) is 1.94. The van der Waals surface area contributed by atoms with Crippen molar-refractivity contribution in [3.05, 3.63) is 39.9 Å². The van der Waals surface area contributed by atoms with E-state index in [0.29, 0.717) is 12.0 Å². The summed E-state index contributed by atoms with van der Waals surface area (Å²) < 4.78 is 0. The average Bonchev–Trinajstić information content (AvgIpc) is 2.35. The first-order valence-electron chi connectivity index (χ1n) is 5.99. The summed E-state index contributed by atoms with van der Waals surface area (Å²) in [7, 11) is 1.95. The highest BCUT2D eigenvalue weighted by Crippen LogP contribution is 2.19. The van der Waals surface area contributed by atoms with E-state index in [2.05, 4.69) is 19.2 Å². The van der Waals surface area contributed by atoms with Gasteiger partial charge in [-0.25, -0.2) is 0 Å². The first-order valence-corrected chi connectivity index (χ1v) is 5.99. The number of non-ortho nitro benzene ring substituents is 1. The largest absolute Gasteiger partial charge is 0.317 e. The van der Waals surface area contributed by atoms with Gasteiger partial charge in [-0.2, -0.15) is 0 Å². The number of hydrogen-bond acceptors (Lipinski definition) is 3. The zero-order valence-corrected chi connectivity index (χ0v) is 10.6. The minimum absolute atomic E-state index is 0.175. The van der Waals surface area contributed by atoms with Gasteiger partial charge in [0.1, 0.15) is 0 Å². The van der Waals surface area contributed by atoms with E-state index in [1.165, 1.54) is 6.07 Å². The lowest BCUT2D eigenvalue weighted by molar-refractivity contribution is -0.384. The topological polar surface area (TPSA) is 55.2 Å². The zero-order chi connectivity index (χ0) is 12.8. The predicted molar refractivity (Wildman–Crippen MR) is 69.1 cm³/mol. The molecule has 0 radical (unpaired) electrons. The Bertz CT molecular complexity index is 379. The van der Waals surface area contributed by atoms with E-state index in [4.69, 9.17) is 0 Å². The normalized spacial score (nSPS) is 14.3. The molecule has 94 valence electrons. The van der Waals surface area contributed by atoms with Crippen LogP contribution in [0.15, 0.2) is 24.3 Å². The summed E-state index contributed by atoms with van der Waals surface area (Å²) in [5, 5.41) is 13.9. The quantitative estimate of drug-likeness (QED) is 0.610. The fourth-order valence-corrected chi connectivity index (χ4v) is 2.01. The molecule has 2 atom stereocenters. The van der Waals surface area contributed by atoms with Gasteiger partial charge < -0.3 is 5.32 Å². The van der Waals surface area contributed by atoms with Crippen molar-refractivity contribution in [1.29, 1.82) is 0 Å². The van der Waals surface area contributed by atoms with Crippen molar-refractivity contribution in [2.45, 2.75) is 32.7 Å². The number of benzene rings is 1.